The Kier molecular flexibility index (Phi) is 22.2. The maximum atomic E-state index is 13.4. The lowest BCUT2D eigenvalue weighted by molar-refractivity contribution is -0.373. The zero-order valence-corrected chi connectivity index (χ0v) is 40.6. The van der Waals surface area contributed by atoms with E-state index in [0.29, 0.717) is 25.7 Å². The van der Waals surface area contributed by atoms with Gasteiger partial charge in [-0.2, -0.15) is 0 Å². The van der Waals surface area contributed by atoms with Gasteiger partial charge in [-0.05, 0) is 92.4 Å². The number of esters is 2. The molecular formula is C49H78O18. The fourth-order valence-electron chi connectivity index (χ4n) is 7.54. The molecule has 3 saturated heterocycles. The summed E-state index contributed by atoms with van der Waals surface area (Å²) in [6, 6.07) is 0. The molecule has 0 unspecified atom stereocenters. The smallest absolute Gasteiger partial charge is 0.333 e. The molecule has 0 aliphatic carbocycles. The number of aliphatic hydroxyl groups excluding tert-OH is 8. The maximum absolute atomic E-state index is 13.4. The highest BCUT2D eigenvalue weighted by Gasteiger charge is 2.53. The molecule has 3 rings (SSSR count). The van der Waals surface area contributed by atoms with Crippen molar-refractivity contribution >= 4 is 11.9 Å². The van der Waals surface area contributed by atoms with Crippen molar-refractivity contribution in [3.63, 3.8) is 0 Å². The van der Waals surface area contributed by atoms with Gasteiger partial charge in [0.15, 0.2) is 31.1 Å². The fourth-order valence-corrected chi connectivity index (χ4v) is 7.54. The summed E-state index contributed by atoms with van der Waals surface area (Å²) in [5.74, 6) is -1.62. The summed E-state index contributed by atoms with van der Waals surface area (Å²) in [6.07, 6.45) is -9.93. The zero-order valence-electron chi connectivity index (χ0n) is 40.6. The number of allylic oxidation sites excluding steroid dienone is 5. The number of ether oxygens (including phenoxy) is 8. The molecule has 18 heteroatoms. The number of hydrogen-bond donors (Lipinski definition) is 8. The second-order valence-electron chi connectivity index (χ2n) is 19.1. The Morgan fingerprint density at radius 1 is 0.552 bits per heavy atom. The van der Waals surface area contributed by atoms with Gasteiger partial charge in [-0.15, -0.1) is 19.7 Å². The van der Waals surface area contributed by atoms with E-state index in [0.717, 1.165) is 5.57 Å². The van der Waals surface area contributed by atoms with Crippen LogP contribution < -0.4 is 0 Å². The van der Waals surface area contributed by atoms with E-state index in [4.69, 9.17) is 37.9 Å². The molecule has 0 saturated carbocycles. The molecule has 0 amide bonds. The molecule has 0 bridgehead atoms. The molecule has 0 aromatic carbocycles. The van der Waals surface area contributed by atoms with Crippen LogP contribution in [0.2, 0.25) is 0 Å². The van der Waals surface area contributed by atoms with Crippen LogP contribution in [0.15, 0.2) is 72.9 Å². The number of carbonyl (C=O) groups excluding carboxylic acids is 2. The van der Waals surface area contributed by atoms with Crippen LogP contribution in [0.25, 0.3) is 0 Å². The van der Waals surface area contributed by atoms with Gasteiger partial charge < -0.3 is 78.7 Å². The van der Waals surface area contributed by atoms with Crippen molar-refractivity contribution in [2.75, 3.05) is 13.2 Å². The molecule has 17 atom stereocenters. The molecule has 0 radical (unpaired) electrons. The Balaban J connectivity index is 1.69. The SMILES string of the molecule is C=CC(C)(C)CC/C=C(\C)C(=O)O[C@H]1[C@H](O[C@@](C)(C=C)CC/C=C(\C)C(=O)O[C@@H]2[C@@H](O)[C@@H](O)[C@H](O[C@H]3[C@H](O[C@@](C)(C=C)CCC=C(C)C)O[C@H](CO)[C@@H](O)[C@@H]3O)O[C@H]2C)O[C@H](CO)[C@@H](O)[C@@H]1O. The van der Waals surface area contributed by atoms with Crippen LogP contribution >= 0.6 is 0 Å². The second-order valence-corrected chi connectivity index (χ2v) is 19.1. The molecule has 3 heterocycles. The van der Waals surface area contributed by atoms with Crippen molar-refractivity contribution in [3.8, 4) is 0 Å². The van der Waals surface area contributed by atoms with Gasteiger partial charge in [0.2, 0.25) is 0 Å². The van der Waals surface area contributed by atoms with Crippen molar-refractivity contribution in [1.29, 1.82) is 0 Å². The van der Waals surface area contributed by atoms with Crippen LogP contribution in [-0.4, -0.2) is 169 Å². The molecular weight excluding hydrogens is 877 g/mol. The Morgan fingerprint density at radius 2 is 0.970 bits per heavy atom. The van der Waals surface area contributed by atoms with E-state index in [-0.39, 0.29) is 29.4 Å². The van der Waals surface area contributed by atoms with Crippen molar-refractivity contribution in [3.05, 3.63) is 72.9 Å². The van der Waals surface area contributed by atoms with Crippen LogP contribution in [0.1, 0.15) is 101 Å². The molecule has 3 aliphatic heterocycles. The first kappa shape index (κ1) is 58.1. The highest BCUT2D eigenvalue weighted by atomic mass is 16.8. The summed E-state index contributed by atoms with van der Waals surface area (Å²) < 4.78 is 47.2. The molecule has 67 heavy (non-hydrogen) atoms. The Morgan fingerprint density at radius 3 is 1.42 bits per heavy atom. The van der Waals surface area contributed by atoms with Crippen molar-refractivity contribution < 1.29 is 88.3 Å². The number of carbonyl (C=O) groups is 2. The number of hydrogen-bond acceptors (Lipinski definition) is 18. The number of rotatable bonds is 24. The summed E-state index contributed by atoms with van der Waals surface area (Å²) >= 11 is 0. The van der Waals surface area contributed by atoms with Crippen LogP contribution in [0.3, 0.4) is 0 Å². The minimum Gasteiger partial charge on any atom is -0.453 e. The first-order valence-electron chi connectivity index (χ1n) is 22.9. The molecule has 18 nitrogen and oxygen atoms in total. The van der Waals surface area contributed by atoms with Gasteiger partial charge in [-0.25, -0.2) is 9.59 Å². The third-order valence-corrected chi connectivity index (χ3v) is 12.6. The Labute approximate surface area is 395 Å². The second kappa shape index (κ2) is 25.6. The zero-order chi connectivity index (χ0) is 50.6. The van der Waals surface area contributed by atoms with E-state index >= 15 is 0 Å². The van der Waals surface area contributed by atoms with Crippen molar-refractivity contribution in [2.45, 2.75) is 204 Å². The van der Waals surface area contributed by atoms with Gasteiger partial charge in [-0.1, -0.05) is 55.9 Å². The quantitative estimate of drug-likeness (QED) is 0.0393. The Bertz CT molecular complexity index is 1740. The van der Waals surface area contributed by atoms with Gasteiger partial charge in [0.1, 0.15) is 54.9 Å². The van der Waals surface area contributed by atoms with E-state index in [1.54, 1.807) is 39.0 Å². The standard InChI is InChI=1S/C49H78O18/c1-13-47(9,10)22-17-20-28(6)43(59)64-40-35(54)33(52)31(25-50)61-45(40)66-49(12,15-3)24-18-21-29(7)42(58)63-39-30(8)60-44(38(57)37(39)56)65-41-36(55)34(53)32(26-51)62-46(41)67-48(11,14-2)23-16-19-27(4)5/h13-15,19-21,30-41,44-46,50-57H,1-3,16-18,22-26H2,4-12H3/b28-20+,29-21+/t30-,31+,32+,33+,34+,35-,36-,37-,38+,39-,40+,41+,44-,45-,46-,48-,49-/m0/s1. The summed E-state index contributed by atoms with van der Waals surface area (Å²) in [5.41, 5.74) is -0.960. The maximum Gasteiger partial charge on any atom is 0.333 e. The topological polar surface area (TPSA) is 270 Å². The van der Waals surface area contributed by atoms with Crippen molar-refractivity contribution in [2.24, 2.45) is 5.41 Å². The molecule has 382 valence electrons. The van der Waals surface area contributed by atoms with Crippen LogP contribution in [-0.2, 0) is 47.5 Å². The van der Waals surface area contributed by atoms with Gasteiger partial charge in [0.05, 0.1) is 30.5 Å². The first-order valence-corrected chi connectivity index (χ1v) is 22.9. The van der Waals surface area contributed by atoms with E-state index in [1.807, 2.05) is 39.8 Å². The first-order chi connectivity index (χ1) is 31.3. The minimum atomic E-state index is -1.84. The highest BCUT2D eigenvalue weighted by Crippen LogP contribution is 2.35. The van der Waals surface area contributed by atoms with E-state index in [9.17, 15) is 50.4 Å². The monoisotopic (exact) mass is 955 g/mol. The van der Waals surface area contributed by atoms with Crippen LogP contribution in [0, 0.1) is 5.41 Å². The molecule has 3 aliphatic rings. The largest absolute Gasteiger partial charge is 0.453 e. The van der Waals surface area contributed by atoms with E-state index < -0.39 is 128 Å². The lowest BCUT2D eigenvalue weighted by Gasteiger charge is -2.47. The third kappa shape index (κ3) is 15.9. The lowest BCUT2D eigenvalue weighted by Crippen LogP contribution is -2.65. The van der Waals surface area contributed by atoms with E-state index in [1.165, 1.54) is 19.9 Å². The molecule has 0 spiro atoms. The highest BCUT2D eigenvalue weighted by molar-refractivity contribution is 5.88. The number of aliphatic hydroxyl groups is 8. The van der Waals surface area contributed by atoms with Crippen LogP contribution in [0.5, 0.6) is 0 Å². The van der Waals surface area contributed by atoms with Crippen LogP contribution in [0.4, 0.5) is 0 Å². The summed E-state index contributed by atoms with van der Waals surface area (Å²) in [7, 11) is 0. The van der Waals surface area contributed by atoms with Gasteiger partial charge in [0, 0.05) is 11.1 Å². The normalized spacial score (nSPS) is 34.8. The molecule has 0 aromatic heterocycles. The predicted octanol–water partition coefficient (Wildman–Crippen LogP) is 2.87. The van der Waals surface area contributed by atoms with Crippen molar-refractivity contribution in [1.82, 2.24) is 0 Å². The fraction of sp³-hybridized carbons (Fsp3) is 0.714. The molecule has 3 fully saturated rings. The predicted molar refractivity (Wildman–Crippen MR) is 245 cm³/mol. The summed E-state index contributed by atoms with van der Waals surface area (Å²) in [5, 5.41) is 85.8. The third-order valence-electron chi connectivity index (χ3n) is 12.6. The van der Waals surface area contributed by atoms with E-state index in [2.05, 4.69) is 19.7 Å². The van der Waals surface area contributed by atoms with Gasteiger partial charge >= 0.3 is 11.9 Å². The lowest BCUT2D eigenvalue weighted by atomic mass is 9.88. The minimum absolute atomic E-state index is 0.113. The molecule has 0 aromatic rings. The average Bonchev–Trinajstić information content (AvgIpc) is 3.28. The van der Waals surface area contributed by atoms with Gasteiger partial charge in [-0.3, -0.25) is 0 Å². The Hall–Kier alpha value is -3.18. The van der Waals surface area contributed by atoms with Gasteiger partial charge in [0.25, 0.3) is 0 Å². The summed E-state index contributed by atoms with van der Waals surface area (Å²) in [4.78, 5) is 26.5. The average molecular weight is 955 g/mol. The summed E-state index contributed by atoms with van der Waals surface area (Å²) in [6.45, 7) is 26.1. The molecule has 8 N–H and O–H groups in total.